The molecule has 1 aromatic rings. The summed E-state index contributed by atoms with van der Waals surface area (Å²) in [5.41, 5.74) is 23.7. The van der Waals surface area contributed by atoms with E-state index in [1.807, 2.05) is 30.3 Å². The maximum absolute atomic E-state index is 13.3. The van der Waals surface area contributed by atoms with E-state index in [-0.39, 0.29) is 12.8 Å². The Morgan fingerprint density at radius 2 is 1.05 bits per heavy atom. The summed E-state index contributed by atoms with van der Waals surface area (Å²) < 4.78 is 0. The van der Waals surface area contributed by atoms with E-state index in [0.717, 1.165) is 5.56 Å². The van der Waals surface area contributed by atoms with Crippen LogP contribution in [0.25, 0.3) is 0 Å². The Morgan fingerprint density at radius 1 is 0.641 bits per heavy atom. The van der Waals surface area contributed by atoms with Gasteiger partial charge in [0.2, 0.25) is 17.7 Å². The number of benzene rings is 1. The molecule has 0 heterocycles. The molecule has 0 spiro atoms. The standard InChI is InChI=1S/C27H47N7O5/c28-15-7-4-12-21(32-24(35)20(31)18-19-10-2-1-3-11-19)25(36)33-22(13-5-8-16-29)26(37)34-23(27(38)39)14-6-9-17-30/h1-3,10-11,20-23H,4-9,12-18,28-31H2,(H,32,35)(H,33,36)(H,34,37)(H,38,39). The molecule has 0 aliphatic rings. The number of hydrogen-bond acceptors (Lipinski definition) is 8. The van der Waals surface area contributed by atoms with Gasteiger partial charge in [0.15, 0.2) is 0 Å². The summed E-state index contributed by atoms with van der Waals surface area (Å²) in [6.07, 6.45) is 4.67. The SMILES string of the molecule is NCCCCC(NC(=O)C(CCCCN)NC(=O)C(CCCCN)NC(=O)C(N)Cc1ccccc1)C(=O)O. The van der Waals surface area contributed by atoms with Crippen LogP contribution in [0.4, 0.5) is 0 Å². The van der Waals surface area contributed by atoms with Crippen LogP contribution in [0.5, 0.6) is 0 Å². The molecule has 3 amide bonds. The van der Waals surface area contributed by atoms with Crippen molar-refractivity contribution in [3.05, 3.63) is 35.9 Å². The summed E-state index contributed by atoms with van der Waals surface area (Å²) in [6.45, 7) is 1.27. The quantitative estimate of drug-likeness (QED) is 0.0921. The molecule has 4 unspecified atom stereocenters. The number of rotatable bonds is 21. The van der Waals surface area contributed by atoms with Crippen LogP contribution in [0.1, 0.15) is 63.4 Å². The molecular weight excluding hydrogens is 502 g/mol. The lowest BCUT2D eigenvalue weighted by Gasteiger charge is -2.25. The lowest BCUT2D eigenvalue weighted by molar-refractivity contribution is -0.142. The Hall–Kier alpha value is -3.06. The zero-order valence-corrected chi connectivity index (χ0v) is 22.8. The molecule has 0 aliphatic heterocycles. The molecule has 0 aliphatic carbocycles. The predicted molar refractivity (Wildman–Crippen MR) is 150 cm³/mol. The van der Waals surface area contributed by atoms with Crippen LogP contribution in [-0.2, 0) is 25.6 Å². The highest BCUT2D eigenvalue weighted by Crippen LogP contribution is 2.08. The van der Waals surface area contributed by atoms with Crippen LogP contribution < -0.4 is 38.9 Å². The number of nitrogens with one attached hydrogen (secondary N) is 3. The number of carboxylic acid groups (broad SMARTS) is 1. The Morgan fingerprint density at radius 3 is 1.49 bits per heavy atom. The van der Waals surface area contributed by atoms with Gasteiger partial charge in [-0.05, 0) is 89.4 Å². The fraction of sp³-hybridized carbons (Fsp3) is 0.630. The van der Waals surface area contributed by atoms with Gasteiger partial charge in [-0.25, -0.2) is 4.79 Å². The minimum atomic E-state index is -1.16. The van der Waals surface area contributed by atoms with Gasteiger partial charge >= 0.3 is 5.97 Å². The molecule has 0 bridgehead atoms. The maximum atomic E-state index is 13.3. The first-order chi connectivity index (χ1) is 18.7. The maximum Gasteiger partial charge on any atom is 0.326 e. The van der Waals surface area contributed by atoms with Crippen molar-refractivity contribution in [1.29, 1.82) is 0 Å². The highest BCUT2D eigenvalue weighted by atomic mass is 16.4. The number of carbonyl (C=O) groups excluding carboxylic acids is 3. The van der Waals surface area contributed by atoms with Crippen molar-refractivity contribution >= 4 is 23.7 Å². The zero-order valence-electron chi connectivity index (χ0n) is 22.8. The van der Waals surface area contributed by atoms with Crippen molar-refractivity contribution in [1.82, 2.24) is 16.0 Å². The molecule has 0 radical (unpaired) electrons. The van der Waals surface area contributed by atoms with Crippen molar-refractivity contribution < 1.29 is 24.3 Å². The van der Waals surface area contributed by atoms with E-state index in [2.05, 4.69) is 16.0 Å². The lowest BCUT2D eigenvalue weighted by Crippen LogP contribution is -2.57. The van der Waals surface area contributed by atoms with E-state index in [9.17, 15) is 24.3 Å². The summed E-state index contributed by atoms with van der Waals surface area (Å²) in [5.74, 6) is -2.79. The van der Waals surface area contributed by atoms with Gasteiger partial charge in [-0.1, -0.05) is 30.3 Å². The van der Waals surface area contributed by atoms with Crippen LogP contribution >= 0.6 is 0 Å². The minimum Gasteiger partial charge on any atom is -0.480 e. The summed E-state index contributed by atoms with van der Waals surface area (Å²) >= 11 is 0. The van der Waals surface area contributed by atoms with Gasteiger partial charge in [0.1, 0.15) is 18.1 Å². The second-order valence-electron chi connectivity index (χ2n) is 9.67. The molecule has 0 aromatic heterocycles. The number of amides is 3. The van der Waals surface area contributed by atoms with Gasteiger partial charge in [-0.15, -0.1) is 0 Å². The average Bonchev–Trinajstić information content (AvgIpc) is 2.91. The first-order valence-corrected chi connectivity index (χ1v) is 13.8. The van der Waals surface area contributed by atoms with Crippen molar-refractivity contribution in [2.75, 3.05) is 19.6 Å². The normalized spacial score (nSPS) is 14.1. The van der Waals surface area contributed by atoms with Crippen LogP contribution in [-0.4, -0.2) is 72.6 Å². The number of nitrogens with two attached hydrogens (primary N) is 4. The summed E-state index contributed by atoms with van der Waals surface area (Å²) in [5, 5.41) is 17.5. The summed E-state index contributed by atoms with van der Waals surface area (Å²) in [4.78, 5) is 50.9. The summed E-state index contributed by atoms with van der Waals surface area (Å²) in [6, 6.07) is 5.40. The van der Waals surface area contributed by atoms with Crippen molar-refractivity contribution in [3.8, 4) is 0 Å². The van der Waals surface area contributed by atoms with E-state index in [4.69, 9.17) is 22.9 Å². The first kappa shape index (κ1) is 34.0. The third kappa shape index (κ3) is 14.1. The summed E-state index contributed by atoms with van der Waals surface area (Å²) in [7, 11) is 0. The lowest BCUT2D eigenvalue weighted by atomic mass is 10.0. The van der Waals surface area contributed by atoms with E-state index < -0.39 is 47.9 Å². The molecule has 12 nitrogen and oxygen atoms in total. The monoisotopic (exact) mass is 549 g/mol. The van der Waals surface area contributed by atoms with Crippen molar-refractivity contribution in [3.63, 3.8) is 0 Å². The third-order valence-electron chi connectivity index (χ3n) is 6.36. The highest BCUT2D eigenvalue weighted by molar-refractivity contribution is 5.94. The molecule has 0 fully saturated rings. The molecule has 220 valence electrons. The Kier molecular flexibility index (Phi) is 17.4. The molecule has 1 rings (SSSR count). The number of carbonyl (C=O) groups is 4. The second kappa shape index (κ2) is 19.9. The Bertz CT molecular complexity index is 871. The van der Waals surface area contributed by atoms with Crippen LogP contribution in [0.2, 0.25) is 0 Å². The fourth-order valence-corrected chi connectivity index (χ4v) is 4.06. The molecule has 0 saturated carbocycles. The predicted octanol–water partition coefficient (Wildman–Crippen LogP) is -0.518. The largest absolute Gasteiger partial charge is 0.480 e. The smallest absolute Gasteiger partial charge is 0.326 e. The zero-order chi connectivity index (χ0) is 29.0. The molecule has 12 N–H and O–H groups in total. The van der Waals surface area contributed by atoms with Crippen LogP contribution in [0, 0.1) is 0 Å². The molecule has 39 heavy (non-hydrogen) atoms. The molecule has 0 saturated heterocycles. The average molecular weight is 550 g/mol. The number of unbranched alkanes of at least 4 members (excludes halogenated alkanes) is 3. The Balaban J connectivity index is 2.95. The molecule has 4 atom stereocenters. The third-order valence-corrected chi connectivity index (χ3v) is 6.36. The van der Waals surface area contributed by atoms with Gasteiger partial charge in [-0.3, -0.25) is 14.4 Å². The Labute approximate surface area is 231 Å². The van der Waals surface area contributed by atoms with Crippen molar-refractivity contribution in [2.24, 2.45) is 22.9 Å². The van der Waals surface area contributed by atoms with Gasteiger partial charge in [0.05, 0.1) is 6.04 Å². The van der Waals surface area contributed by atoms with Crippen LogP contribution in [0.3, 0.4) is 0 Å². The first-order valence-electron chi connectivity index (χ1n) is 13.8. The van der Waals surface area contributed by atoms with Gasteiger partial charge in [0, 0.05) is 0 Å². The second-order valence-corrected chi connectivity index (χ2v) is 9.67. The topological polar surface area (TPSA) is 229 Å². The fourth-order valence-electron chi connectivity index (χ4n) is 4.06. The van der Waals surface area contributed by atoms with Gasteiger partial charge in [0.25, 0.3) is 0 Å². The van der Waals surface area contributed by atoms with E-state index in [1.54, 1.807) is 0 Å². The van der Waals surface area contributed by atoms with Crippen molar-refractivity contribution in [2.45, 2.75) is 88.4 Å². The molecular formula is C27H47N7O5. The highest BCUT2D eigenvalue weighted by Gasteiger charge is 2.30. The van der Waals surface area contributed by atoms with E-state index in [0.29, 0.717) is 71.0 Å². The van der Waals surface area contributed by atoms with Crippen LogP contribution in [0.15, 0.2) is 30.3 Å². The number of aliphatic carboxylic acids is 1. The van der Waals surface area contributed by atoms with Gasteiger partial charge < -0.3 is 44.0 Å². The molecule has 1 aromatic carbocycles. The number of hydrogen-bond donors (Lipinski definition) is 8. The molecule has 12 heteroatoms. The minimum absolute atomic E-state index is 0.221. The van der Waals surface area contributed by atoms with E-state index in [1.165, 1.54) is 0 Å². The van der Waals surface area contributed by atoms with Gasteiger partial charge in [-0.2, -0.15) is 0 Å². The number of carboxylic acids is 1. The van der Waals surface area contributed by atoms with E-state index >= 15 is 0 Å².